The van der Waals surface area contributed by atoms with Crippen LogP contribution < -0.4 is 0 Å². The molecule has 6 heteroatoms. The van der Waals surface area contributed by atoms with Crippen LogP contribution in [0.4, 0.5) is 4.79 Å². The number of hydrogen-bond acceptors (Lipinski definition) is 3. The quantitative estimate of drug-likeness (QED) is 0.337. The summed E-state index contributed by atoms with van der Waals surface area (Å²) < 4.78 is 1.13. The van der Waals surface area contributed by atoms with Gasteiger partial charge in [0.15, 0.2) is 0 Å². The van der Waals surface area contributed by atoms with Crippen molar-refractivity contribution in [3.05, 3.63) is 0 Å². The highest BCUT2D eigenvalue weighted by atomic mass is 79.9. The maximum absolute atomic E-state index is 11.0. The summed E-state index contributed by atoms with van der Waals surface area (Å²) in [6.07, 6.45) is 0. The van der Waals surface area contributed by atoms with E-state index in [1.807, 2.05) is 0 Å². The van der Waals surface area contributed by atoms with Crippen LogP contribution in [0.15, 0.2) is 5.11 Å². The minimum atomic E-state index is -0.629. The molecule has 0 saturated heterocycles. The van der Waals surface area contributed by atoms with Crippen LogP contribution in [-0.2, 0) is 4.79 Å². The van der Waals surface area contributed by atoms with Gasteiger partial charge >= 0.3 is 11.9 Å². The van der Waals surface area contributed by atoms with Gasteiger partial charge in [-0.1, -0.05) is 5.11 Å². The Morgan fingerprint density at radius 3 is 2.73 bits per heavy atom. The fourth-order valence-electron chi connectivity index (χ4n) is 0.722. The van der Waals surface area contributed by atoms with Crippen molar-refractivity contribution in [1.82, 2.24) is 4.90 Å². The van der Waals surface area contributed by atoms with Gasteiger partial charge in [0.05, 0.1) is 7.05 Å². The van der Waals surface area contributed by atoms with Crippen molar-refractivity contribution in [3.8, 4) is 0 Å². The van der Waals surface area contributed by atoms with Crippen LogP contribution in [0.25, 0.3) is 0 Å². The van der Waals surface area contributed by atoms with Crippen LogP contribution in [0.5, 0.6) is 0 Å². The molecule has 0 aromatic heterocycles. The zero-order valence-electron chi connectivity index (χ0n) is 6.11. The molecular weight excluding hydrogens is 214 g/mol. The largest absolute Gasteiger partial charge is 0.520 e. The number of imide groups is 1. The Morgan fingerprint density at radius 2 is 2.18 bits per heavy atom. The third-order valence-electron chi connectivity index (χ3n) is 1.37. The Bertz CT molecular complexity index is 250. The number of urea groups is 1. The number of hydrogen-bond donors (Lipinski definition) is 0. The topological polar surface area (TPSA) is 52.8 Å². The van der Waals surface area contributed by atoms with Gasteiger partial charge in [0.1, 0.15) is 7.05 Å². The lowest BCUT2D eigenvalue weighted by Crippen LogP contribution is -2.45. The van der Waals surface area contributed by atoms with Crippen LogP contribution in [0.2, 0.25) is 0 Å². The number of azo groups is 2. The van der Waals surface area contributed by atoms with Gasteiger partial charge in [0, 0.05) is 0 Å². The van der Waals surface area contributed by atoms with E-state index in [0.29, 0.717) is 0 Å². The predicted octanol–water partition coefficient (Wildman–Crippen LogP) is 0.394. The molecule has 0 aliphatic carbocycles. The van der Waals surface area contributed by atoms with E-state index in [-0.39, 0.29) is 5.91 Å². The SMILES string of the molecule is CN1C(=O)C(Br)N=[N+](C)C1=O. The molecule has 1 rings (SSSR count). The van der Waals surface area contributed by atoms with Gasteiger partial charge in [-0.25, -0.2) is 4.79 Å². The van der Waals surface area contributed by atoms with Crippen molar-refractivity contribution in [1.29, 1.82) is 0 Å². The zero-order valence-corrected chi connectivity index (χ0v) is 7.70. The van der Waals surface area contributed by atoms with Crippen LogP contribution in [0, 0.1) is 0 Å². The summed E-state index contributed by atoms with van der Waals surface area (Å²) in [7, 11) is 2.92. The standard InChI is InChI=1S/C5H7BrN3O2/c1-8-4(10)3(6)7-9(2)5(8)11/h3H,1-2H3/q+1. The number of rotatable bonds is 0. The van der Waals surface area contributed by atoms with Crippen molar-refractivity contribution < 1.29 is 14.3 Å². The summed E-state index contributed by atoms with van der Waals surface area (Å²) in [4.78, 5) is 22.4. The summed E-state index contributed by atoms with van der Waals surface area (Å²) >= 11 is 3.01. The van der Waals surface area contributed by atoms with Gasteiger partial charge < -0.3 is 0 Å². The zero-order chi connectivity index (χ0) is 8.59. The lowest BCUT2D eigenvalue weighted by molar-refractivity contribution is -0.479. The summed E-state index contributed by atoms with van der Waals surface area (Å²) in [6.45, 7) is 0. The van der Waals surface area contributed by atoms with Crippen LogP contribution in [-0.4, -0.2) is 40.6 Å². The van der Waals surface area contributed by atoms with Gasteiger partial charge in [-0.05, 0) is 15.9 Å². The molecular formula is C5H7BrN3O2+. The minimum absolute atomic E-state index is 0.340. The molecule has 1 unspecified atom stereocenters. The summed E-state index contributed by atoms with van der Waals surface area (Å²) in [6, 6.07) is -0.411. The monoisotopic (exact) mass is 220 g/mol. The second-order valence-electron chi connectivity index (χ2n) is 2.15. The van der Waals surface area contributed by atoms with E-state index in [9.17, 15) is 9.59 Å². The highest BCUT2D eigenvalue weighted by Gasteiger charge is 2.38. The first-order valence-corrected chi connectivity index (χ1v) is 3.85. The molecule has 0 aromatic carbocycles. The Hall–Kier alpha value is -0.780. The maximum Gasteiger partial charge on any atom is 0.520 e. The molecule has 1 aliphatic rings. The first kappa shape index (κ1) is 8.32. The second-order valence-corrected chi connectivity index (χ2v) is 3.02. The first-order chi connectivity index (χ1) is 5.04. The normalized spacial score (nSPS) is 25.5. The van der Waals surface area contributed by atoms with Crippen molar-refractivity contribution in [2.45, 2.75) is 4.95 Å². The predicted molar refractivity (Wildman–Crippen MR) is 39.5 cm³/mol. The molecule has 0 N–H and O–H groups in total. The van der Waals surface area contributed by atoms with Crippen molar-refractivity contribution in [2.75, 3.05) is 14.1 Å². The van der Waals surface area contributed by atoms with Gasteiger partial charge in [-0.2, -0.15) is 9.69 Å². The highest BCUT2D eigenvalue weighted by Crippen LogP contribution is 2.11. The van der Waals surface area contributed by atoms with E-state index in [1.165, 1.54) is 14.1 Å². The van der Waals surface area contributed by atoms with Crippen LogP contribution in [0.1, 0.15) is 0 Å². The van der Waals surface area contributed by atoms with Crippen LogP contribution >= 0.6 is 15.9 Å². The fourth-order valence-corrected chi connectivity index (χ4v) is 1.30. The molecule has 5 nitrogen and oxygen atoms in total. The van der Waals surface area contributed by atoms with Gasteiger partial charge in [0.2, 0.25) is 4.95 Å². The number of halogens is 1. The van der Waals surface area contributed by atoms with E-state index in [4.69, 9.17) is 0 Å². The number of likely N-dealkylation sites (N-methyl/N-ethyl adjacent to an activating group) is 1. The number of nitrogens with zero attached hydrogens (tertiary/aromatic N) is 3. The average Bonchev–Trinajstić information content (AvgIpc) is 1.97. The third kappa shape index (κ3) is 1.30. The van der Waals surface area contributed by atoms with Gasteiger partial charge in [0.25, 0.3) is 0 Å². The number of carbonyl (C=O) groups is 2. The van der Waals surface area contributed by atoms with Crippen molar-refractivity contribution in [3.63, 3.8) is 0 Å². The Kier molecular flexibility index (Phi) is 2.03. The third-order valence-corrected chi connectivity index (χ3v) is 1.95. The number of carbonyl (C=O) groups excluding carboxylic acids is 2. The smallest absolute Gasteiger partial charge is 0.243 e. The fraction of sp³-hybridized carbons (Fsp3) is 0.600. The molecule has 0 aromatic rings. The molecule has 11 heavy (non-hydrogen) atoms. The first-order valence-electron chi connectivity index (χ1n) is 2.94. The Morgan fingerprint density at radius 1 is 1.64 bits per heavy atom. The molecule has 0 bridgehead atoms. The Balaban J connectivity index is 3.01. The molecule has 0 radical (unpaired) electrons. The second kappa shape index (κ2) is 2.69. The highest BCUT2D eigenvalue weighted by molar-refractivity contribution is 9.10. The molecule has 3 amide bonds. The van der Waals surface area contributed by atoms with Crippen molar-refractivity contribution >= 4 is 27.9 Å². The molecule has 0 spiro atoms. The molecule has 1 atom stereocenters. The van der Waals surface area contributed by atoms with Crippen molar-refractivity contribution in [2.24, 2.45) is 5.11 Å². The molecule has 60 valence electrons. The number of alkyl halides is 1. The minimum Gasteiger partial charge on any atom is -0.243 e. The summed E-state index contributed by atoms with van der Waals surface area (Å²) in [5.74, 6) is -0.340. The number of amides is 3. The Labute approximate surface area is 71.8 Å². The lowest BCUT2D eigenvalue weighted by Gasteiger charge is -2.13. The lowest BCUT2D eigenvalue weighted by atomic mass is 10.5. The molecule has 1 heterocycles. The van der Waals surface area contributed by atoms with E-state index in [2.05, 4.69) is 21.0 Å². The summed E-state index contributed by atoms with van der Waals surface area (Å²) in [5, 5.41) is 3.70. The van der Waals surface area contributed by atoms with Gasteiger partial charge in [-0.3, -0.25) is 0 Å². The van der Waals surface area contributed by atoms with E-state index >= 15 is 0 Å². The van der Waals surface area contributed by atoms with Crippen LogP contribution in [0.3, 0.4) is 0 Å². The molecule has 0 fully saturated rings. The average molecular weight is 221 g/mol. The van der Waals surface area contributed by atoms with Gasteiger partial charge in [-0.15, -0.1) is 4.70 Å². The van der Waals surface area contributed by atoms with E-state index in [1.54, 1.807) is 0 Å². The van der Waals surface area contributed by atoms with E-state index in [0.717, 1.165) is 9.60 Å². The summed E-state index contributed by atoms with van der Waals surface area (Å²) in [5.41, 5.74) is 0. The van der Waals surface area contributed by atoms with E-state index < -0.39 is 11.0 Å². The molecule has 1 aliphatic heterocycles. The maximum atomic E-state index is 11.0. The molecule has 0 saturated carbocycles.